The van der Waals surface area contributed by atoms with E-state index in [4.69, 9.17) is 16.3 Å². The number of carbonyl (C=O) groups excluding carboxylic acids is 5. The van der Waals surface area contributed by atoms with Gasteiger partial charge in [0.1, 0.15) is 30.2 Å². The maximum Gasteiger partial charge on any atom is 0.405 e. The van der Waals surface area contributed by atoms with Crippen molar-refractivity contribution in [2.45, 2.75) is 56.8 Å². The van der Waals surface area contributed by atoms with Crippen LogP contribution in [-0.4, -0.2) is 61.1 Å². The second-order valence-corrected chi connectivity index (χ2v) is 12.9. The Balaban J connectivity index is 2.00. The minimum Gasteiger partial charge on any atom is -0.497 e. The van der Waals surface area contributed by atoms with E-state index in [2.05, 4.69) is 5.32 Å². The fourth-order valence-corrected chi connectivity index (χ4v) is 5.35. The number of benzene rings is 3. The summed E-state index contributed by atoms with van der Waals surface area (Å²) in [7, 11) is 1.31. The number of halogens is 9. The summed E-state index contributed by atoms with van der Waals surface area (Å²) in [6, 6.07) is 10.2. The highest BCUT2D eigenvalue weighted by molar-refractivity contribution is 6.30. The zero-order valence-corrected chi connectivity index (χ0v) is 29.5. The molecule has 3 amide bonds. The molecule has 3 rings (SSSR count). The lowest BCUT2D eigenvalue weighted by Crippen LogP contribution is -2.53. The van der Waals surface area contributed by atoms with E-state index in [1.54, 1.807) is 0 Å². The predicted octanol–water partition coefficient (Wildman–Crippen LogP) is 6.28. The van der Waals surface area contributed by atoms with Gasteiger partial charge in [0.05, 0.1) is 7.11 Å². The first-order valence-corrected chi connectivity index (χ1v) is 16.4. The molecule has 0 aliphatic heterocycles. The van der Waals surface area contributed by atoms with Gasteiger partial charge in [0.25, 0.3) is 11.8 Å². The molecule has 0 fully saturated rings. The quantitative estimate of drug-likeness (QED) is 0.109. The zero-order valence-electron chi connectivity index (χ0n) is 28.7. The fraction of sp³-hybridized carbons (Fsp3) is 0.361. The first kappa shape index (κ1) is 43.3. The molecule has 0 heterocycles. The fourth-order valence-electron chi connectivity index (χ4n) is 5.16. The SMILES string of the molecule is COc1ccc([C@H](NC(=O)[C@H](Cc2cccc(F)c2)NC(=O)C(F)(F)c2cccc(Cl)c2)C(=O)C[C@H](C(=O)C(F)(F)C(=O)NCC(F)(F)F)C(C)C)cc1. The smallest absolute Gasteiger partial charge is 0.405 e. The highest BCUT2D eigenvalue weighted by atomic mass is 35.5. The van der Waals surface area contributed by atoms with Crippen LogP contribution in [0.25, 0.3) is 0 Å². The van der Waals surface area contributed by atoms with Gasteiger partial charge in [-0.25, -0.2) is 4.39 Å². The number of amides is 3. The molecule has 3 aromatic carbocycles. The molecule has 3 N–H and O–H groups in total. The first-order valence-electron chi connectivity index (χ1n) is 16.0. The monoisotopic (exact) mass is 791 g/mol. The minimum atomic E-state index is -5.08. The molecule has 0 saturated carbocycles. The third-order valence-corrected chi connectivity index (χ3v) is 8.32. The van der Waals surface area contributed by atoms with Crippen molar-refractivity contribution >= 4 is 40.9 Å². The lowest BCUT2D eigenvalue weighted by Gasteiger charge is -2.28. The predicted molar refractivity (Wildman–Crippen MR) is 178 cm³/mol. The van der Waals surface area contributed by atoms with Crippen molar-refractivity contribution in [3.63, 3.8) is 0 Å². The summed E-state index contributed by atoms with van der Waals surface area (Å²) in [5, 5.41) is 5.01. The summed E-state index contributed by atoms with van der Waals surface area (Å²) in [5.41, 5.74) is -0.832. The molecular weight excluding hydrogens is 758 g/mol. The first-order chi connectivity index (χ1) is 25.1. The molecule has 0 unspecified atom stereocenters. The molecule has 18 heteroatoms. The maximum absolute atomic E-state index is 15.3. The Bertz CT molecular complexity index is 1840. The molecule has 0 aliphatic carbocycles. The Kier molecular flexibility index (Phi) is 14.3. The van der Waals surface area contributed by atoms with E-state index in [-0.39, 0.29) is 21.9 Å². The van der Waals surface area contributed by atoms with Crippen molar-refractivity contribution in [2.75, 3.05) is 13.7 Å². The Hall–Kier alpha value is -5.06. The maximum atomic E-state index is 15.3. The number of alkyl halides is 7. The van der Waals surface area contributed by atoms with Crippen molar-refractivity contribution in [3.05, 3.63) is 100 Å². The van der Waals surface area contributed by atoms with Crippen LogP contribution in [0.1, 0.15) is 43.0 Å². The second-order valence-electron chi connectivity index (χ2n) is 12.4. The summed E-state index contributed by atoms with van der Waals surface area (Å²) in [4.78, 5) is 65.7. The largest absolute Gasteiger partial charge is 0.497 e. The van der Waals surface area contributed by atoms with Crippen LogP contribution in [0, 0.1) is 17.7 Å². The number of hydrogen-bond donors (Lipinski definition) is 3. The highest BCUT2D eigenvalue weighted by Gasteiger charge is 2.52. The molecule has 0 aromatic heterocycles. The van der Waals surface area contributed by atoms with Crippen molar-refractivity contribution in [2.24, 2.45) is 11.8 Å². The lowest BCUT2D eigenvalue weighted by molar-refractivity contribution is -0.167. The molecule has 54 heavy (non-hydrogen) atoms. The topological polar surface area (TPSA) is 131 Å². The van der Waals surface area contributed by atoms with Crippen LogP contribution in [0.15, 0.2) is 72.8 Å². The summed E-state index contributed by atoms with van der Waals surface area (Å²) in [5.74, 6) is -22.0. The number of ether oxygens (including phenoxy) is 1. The summed E-state index contributed by atoms with van der Waals surface area (Å²) < 4.78 is 117. The summed E-state index contributed by atoms with van der Waals surface area (Å²) in [6.45, 7) is 0.292. The van der Waals surface area contributed by atoms with Gasteiger partial charge in [0.15, 0.2) is 5.78 Å². The van der Waals surface area contributed by atoms with Crippen molar-refractivity contribution in [3.8, 4) is 5.75 Å². The van der Waals surface area contributed by atoms with E-state index in [9.17, 15) is 50.3 Å². The zero-order chi connectivity index (χ0) is 40.6. The van der Waals surface area contributed by atoms with Crippen LogP contribution >= 0.6 is 11.6 Å². The molecule has 9 nitrogen and oxygen atoms in total. The summed E-state index contributed by atoms with van der Waals surface area (Å²) >= 11 is 5.82. The van der Waals surface area contributed by atoms with E-state index in [0.29, 0.717) is 0 Å². The van der Waals surface area contributed by atoms with Gasteiger partial charge in [-0.15, -0.1) is 0 Å². The van der Waals surface area contributed by atoms with E-state index in [0.717, 1.165) is 35.6 Å². The van der Waals surface area contributed by atoms with Gasteiger partial charge in [-0.1, -0.05) is 61.8 Å². The van der Waals surface area contributed by atoms with Gasteiger partial charge in [-0.05, 0) is 53.4 Å². The molecule has 3 atom stereocenters. The lowest BCUT2D eigenvalue weighted by atomic mass is 9.82. The van der Waals surface area contributed by atoms with Gasteiger partial charge in [0.2, 0.25) is 11.7 Å². The van der Waals surface area contributed by atoms with E-state index in [1.807, 2.05) is 5.32 Å². The molecule has 0 aliphatic rings. The van der Waals surface area contributed by atoms with Crippen LogP contribution < -0.4 is 20.7 Å². The number of carbonyl (C=O) groups is 5. The van der Waals surface area contributed by atoms with Gasteiger partial charge >= 0.3 is 18.0 Å². The molecule has 0 bridgehead atoms. The Morgan fingerprint density at radius 3 is 2.00 bits per heavy atom. The molecule has 292 valence electrons. The van der Waals surface area contributed by atoms with E-state index in [1.165, 1.54) is 63.4 Å². The van der Waals surface area contributed by atoms with Crippen LogP contribution in [0.5, 0.6) is 5.75 Å². The number of Topliss-reactive ketones (excluding diaryl/α,β-unsaturated/α-hetero) is 2. The van der Waals surface area contributed by atoms with Gasteiger partial charge in [-0.2, -0.15) is 30.7 Å². The number of hydrogen-bond acceptors (Lipinski definition) is 6. The summed E-state index contributed by atoms with van der Waals surface area (Å²) in [6.07, 6.45) is -6.77. The average molecular weight is 792 g/mol. The second kappa shape index (κ2) is 17.8. The Labute approximate surface area is 308 Å². The van der Waals surface area contributed by atoms with Crippen LogP contribution in [0.4, 0.5) is 35.1 Å². The van der Waals surface area contributed by atoms with Crippen LogP contribution in [0.3, 0.4) is 0 Å². The van der Waals surface area contributed by atoms with Gasteiger partial charge in [0, 0.05) is 29.3 Å². The number of nitrogens with one attached hydrogen (secondary N) is 3. The van der Waals surface area contributed by atoms with Crippen molar-refractivity contribution in [1.29, 1.82) is 0 Å². The van der Waals surface area contributed by atoms with Crippen LogP contribution in [0.2, 0.25) is 5.02 Å². The third-order valence-electron chi connectivity index (χ3n) is 8.09. The number of rotatable bonds is 17. The number of ketones is 2. The molecular formula is C36H34ClF8N3O6. The Morgan fingerprint density at radius 2 is 1.44 bits per heavy atom. The standard InChI is InChI=1S/C36H34ClF8N3O6/c1-19(2)26(30(50)36(44,45)32(52)46-18-34(39,40)41)17-28(49)29(21-10-12-25(54-3)13-11-21)48-31(51)27(15-20-6-4-9-24(38)14-20)47-33(53)35(42,43)22-7-5-8-23(37)16-22/h4-14,16,19,26-27,29H,15,17-18H2,1-3H3,(H,46,52)(H,47,53)(H,48,51)/t26-,27-,29-/m0/s1. The Morgan fingerprint density at radius 1 is 0.815 bits per heavy atom. The van der Waals surface area contributed by atoms with E-state index < -0.39 is 102 Å². The normalized spacial score (nSPS) is 13.7. The molecule has 0 saturated heterocycles. The number of methoxy groups -OCH3 is 1. The van der Waals surface area contributed by atoms with Crippen molar-refractivity contribution in [1.82, 2.24) is 16.0 Å². The average Bonchev–Trinajstić information content (AvgIpc) is 3.10. The van der Waals surface area contributed by atoms with Crippen molar-refractivity contribution < 1.29 is 63.8 Å². The van der Waals surface area contributed by atoms with Gasteiger partial charge < -0.3 is 20.7 Å². The molecule has 0 spiro atoms. The highest BCUT2D eigenvalue weighted by Crippen LogP contribution is 2.32. The third kappa shape index (κ3) is 11.5. The molecule has 3 aromatic rings. The van der Waals surface area contributed by atoms with Gasteiger partial charge in [-0.3, -0.25) is 24.0 Å². The minimum absolute atomic E-state index is 0.0427. The van der Waals surface area contributed by atoms with E-state index >= 15 is 8.78 Å². The van der Waals surface area contributed by atoms with Crippen LogP contribution in [-0.2, 0) is 36.3 Å². The molecule has 0 radical (unpaired) electrons.